The summed E-state index contributed by atoms with van der Waals surface area (Å²) in [5, 5.41) is 12.4. The summed E-state index contributed by atoms with van der Waals surface area (Å²) in [5.41, 5.74) is 3.44. The maximum absolute atomic E-state index is 12.4. The highest BCUT2D eigenvalue weighted by molar-refractivity contribution is 9.10. The summed E-state index contributed by atoms with van der Waals surface area (Å²) >= 11 is 3.49. The largest absolute Gasteiger partial charge is 0.480 e. The Morgan fingerprint density at radius 1 is 0.946 bits per heavy atom. The Morgan fingerprint density at radius 3 is 2.14 bits per heavy atom. The summed E-state index contributed by atoms with van der Waals surface area (Å²) in [4.78, 5) is 16.4. The second-order valence-corrected chi connectivity index (χ2v) is 10.7. The van der Waals surface area contributed by atoms with Crippen molar-refractivity contribution in [3.8, 4) is 0 Å². The minimum Gasteiger partial charge on any atom is -0.480 e. The maximum atomic E-state index is 12.4. The van der Waals surface area contributed by atoms with Crippen molar-refractivity contribution in [1.29, 1.82) is 0 Å². The van der Waals surface area contributed by atoms with Crippen LogP contribution in [0.5, 0.6) is 0 Å². The van der Waals surface area contributed by atoms with E-state index in [0.29, 0.717) is 17.8 Å². The third-order valence-corrected chi connectivity index (χ3v) is 7.50. The molecular formula is C27H26BrN3O5S. The van der Waals surface area contributed by atoms with Crippen LogP contribution in [0.15, 0.2) is 94.6 Å². The first-order chi connectivity index (χ1) is 17.7. The molecule has 3 aromatic carbocycles. The lowest BCUT2D eigenvalue weighted by atomic mass is 10.1. The number of aliphatic carboxylic acids is 1. The molecule has 37 heavy (non-hydrogen) atoms. The quantitative estimate of drug-likeness (QED) is 0.225. The number of nitrogens with zero attached hydrogens (tertiary/aromatic N) is 2. The van der Waals surface area contributed by atoms with Crippen LogP contribution in [0.1, 0.15) is 28.1 Å². The summed E-state index contributed by atoms with van der Waals surface area (Å²) < 4.78 is 37.0. The lowest BCUT2D eigenvalue weighted by Crippen LogP contribution is -2.38. The highest BCUT2D eigenvalue weighted by atomic mass is 79.9. The van der Waals surface area contributed by atoms with Crippen molar-refractivity contribution in [3.05, 3.63) is 117 Å². The van der Waals surface area contributed by atoms with Gasteiger partial charge in [-0.3, -0.25) is 14.7 Å². The highest BCUT2D eigenvalue weighted by Gasteiger charge is 2.27. The Hall–Kier alpha value is -3.31. The molecule has 8 nitrogen and oxygen atoms in total. The van der Waals surface area contributed by atoms with Gasteiger partial charge in [-0.25, -0.2) is 4.98 Å². The van der Waals surface area contributed by atoms with Crippen molar-refractivity contribution in [2.75, 3.05) is 0 Å². The molecule has 1 heterocycles. The van der Waals surface area contributed by atoms with E-state index in [1.54, 1.807) is 0 Å². The minimum absolute atomic E-state index is 0.0267. The zero-order valence-electron chi connectivity index (χ0n) is 19.8. The molecule has 0 aliphatic carbocycles. The molecule has 10 heteroatoms. The molecule has 0 amide bonds. The number of hydrogen-bond donors (Lipinski definition) is 3. The van der Waals surface area contributed by atoms with Crippen LogP contribution in [0.2, 0.25) is 0 Å². The number of carboxylic acid groups (broad SMARTS) is 1. The van der Waals surface area contributed by atoms with Gasteiger partial charge in [0.05, 0.1) is 17.9 Å². The first-order valence-corrected chi connectivity index (χ1v) is 13.8. The van der Waals surface area contributed by atoms with Crippen LogP contribution in [0.4, 0.5) is 0 Å². The van der Waals surface area contributed by atoms with Crippen LogP contribution in [0.3, 0.4) is 0 Å². The molecule has 0 aliphatic rings. The third-order valence-electron chi connectivity index (χ3n) is 5.95. The number of hydrogen-bond acceptors (Lipinski definition) is 5. The fourth-order valence-electron chi connectivity index (χ4n) is 4.11. The molecule has 1 atom stereocenters. The van der Waals surface area contributed by atoms with Gasteiger partial charge in [-0.15, -0.1) is 0 Å². The summed E-state index contributed by atoms with van der Waals surface area (Å²) in [6, 6.07) is 25.1. The van der Waals surface area contributed by atoms with Gasteiger partial charge in [-0.2, -0.15) is 8.42 Å². The Morgan fingerprint density at radius 2 is 1.54 bits per heavy atom. The number of aromatic nitrogens is 2. The van der Waals surface area contributed by atoms with Crippen molar-refractivity contribution in [2.45, 2.75) is 37.1 Å². The van der Waals surface area contributed by atoms with Crippen LogP contribution in [-0.4, -0.2) is 39.6 Å². The predicted octanol–water partition coefficient (Wildman–Crippen LogP) is 4.32. The molecule has 192 valence electrons. The number of benzene rings is 3. The van der Waals surface area contributed by atoms with Crippen LogP contribution < -0.4 is 5.32 Å². The number of nitrogens with one attached hydrogen (secondary N) is 1. The van der Waals surface area contributed by atoms with Crippen molar-refractivity contribution in [1.82, 2.24) is 14.9 Å². The van der Waals surface area contributed by atoms with E-state index in [-0.39, 0.29) is 19.5 Å². The van der Waals surface area contributed by atoms with Crippen molar-refractivity contribution >= 4 is 32.0 Å². The molecule has 4 rings (SSSR count). The summed E-state index contributed by atoms with van der Waals surface area (Å²) in [6.45, 7) is 0.130. The van der Waals surface area contributed by atoms with E-state index in [1.807, 2.05) is 84.9 Å². The van der Waals surface area contributed by atoms with E-state index < -0.39 is 27.3 Å². The molecule has 0 fully saturated rings. The average molecular weight is 584 g/mol. The fourth-order valence-corrected chi connectivity index (χ4v) is 5.20. The molecule has 1 unspecified atom stereocenters. The molecule has 0 radical (unpaired) electrons. The normalized spacial score (nSPS) is 12.4. The van der Waals surface area contributed by atoms with Gasteiger partial charge in [0.1, 0.15) is 6.04 Å². The van der Waals surface area contributed by atoms with E-state index in [0.717, 1.165) is 21.2 Å². The van der Waals surface area contributed by atoms with Gasteiger partial charge in [0.25, 0.3) is 5.16 Å². The van der Waals surface area contributed by atoms with Gasteiger partial charge in [0.15, 0.2) is 0 Å². The molecule has 1 aromatic heterocycles. The zero-order valence-corrected chi connectivity index (χ0v) is 22.2. The summed E-state index contributed by atoms with van der Waals surface area (Å²) in [5.74, 6) is -1.03. The summed E-state index contributed by atoms with van der Waals surface area (Å²) in [7, 11) is -4.67. The van der Waals surface area contributed by atoms with Crippen LogP contribution in [-0.2, 0) is 40.8 Å². The molecule has 4 aromatic rings. The van der Waals surface area contributed by atoms with Gasteiger partial charge in [0.2, 0.25) is 0 Å². The predicted molar refractivity (Wildman–Crippen MR) is 143 cm³/mol. The Labute approximate surface area is 223 Å². The van der Waals surface area contributed by atoms with E-state index >= 15 is 0 Å². The Bertz CT molecular complexity index is 1470. The van der Waals surface area contributed by atoms with E-state index in [4.69, 9.17) is 0 Å². The second kappa shape index (κ2) is 11.8. The van der Waals surface area contributed by atoms with Gasteiger partial charge >= 0.3 is 16.1 Å². The number of halogens is 1. The molecule has 0 saturated heterocycles. The SMILES string of the molecule is O=C(O)C(Cc1ccccc1)NCc1c(Cc2ccccc2)nc(S(=O)(=O)O)n1Cc1ccccc1Br. The lowest BCUT2D eigenvalue weighted by Gasteiger charge is -2.18. The molecule has 0 saturated carbocycles. The van der Waals surface area contributed by atoms with Gasteiger partial charge in [-0.05, 0) is 29.2 Å². The first kappa shape index (κ1) is 26.7. The van der Waals surface area contributed by atoms with Gasteiger partial charge < -0.3 is 9.67 Å². The molecule has 0 aliphatic heterocycles. The Balaban J connectivity index is 1.75. The number of carboxylic acids is 1. The maximum Gasteiger partial charge on any atom is 0.328 e. The standard InChI is InChI=1S/C27H26BrN3O5S/c28-22-14-8-7-13-21(22)18-31-25(17-29-24(26(32)33)16-20-11-5-2-6-12-20)23(30-27(31)37(34,35)36)15-19-9-3-1-4-10-19/h1-14,24,29H,15-18H2,(H,32,33)(H,34,35,36). The second-order valence-electron chi connectivity index (χ2n) is 8.56. The summed E-state index contributed by atoms with van der Waals surface area (Å²) in [6.07, 6.45) is 0.549. The minimum atomic E-state index is -4.67. The van der Waals surface area contributed by atoms with Crippen molar-refractivity contribution < 1.29 is 22.9 Å². The average Bonchev–Trinajstić information content (AvgIpc) is 3.21. The van der Waals surface area contributed by atoms with E-state index in [1.165, 1.54) is 4.57 Å². The van der Waals surface area contributed by atoms with E-state index in [9.17, 15) is 22.9 Å². The molecule has 3 N–H and O–H groups in total. The number of carbonyl (C=O) groups is 1. The van der Waals surface area contributed by atoms with Crippen LogP contribution >= 0.6 is 15.9 Å². The highest BCUT2D eigenvalue weighted by Crippen LogP contribution is 2.24. The topological polar surface area (TPSA) is 122 Å². The van der Waals surface area contributed by atoms with Crippen LogP contribution in [0, 0.1) is 0 Å². The van der Waals surface area contributed by atoms with Crippen molar-refractivity contribution in [2.24, 2.45) is 0 Å². The number of rotatable bonds is 11. The smallest absolute Gasteiger partial charge is 0.328 e. The van der Waals surface area contributed by atoms with E-state index in [2.05, 4.69) is 26.2 Å². The van der Waals surface area contributed by atoms with Crippen LogP contribution in [0.25, 0.3) is 0 Å². The lowest BCUT2D eigenvalue weighted by molar-refractivity contribution is -0.139. The van der Waals surface area contributed by atoms with Crippen molar-refractivity contribution in [3.63, 3.8) is 0 Å². The molecule has 0 spiro atoms. The van der Waals surface area contributed by atoms with Gasteiger partial charge in [0, 0.05) is 17.4 Å². The fraction of sp³-hybridized carbons (Fsp3) is 0.185. The first-order valence-electron chi connectivity index (χ1n) is 11.6. The Kier molecular flexibility index (Phi) is 8.55. The monoisotopic (exact) mass is 583 g/mol. The number of imidazole rings is 1. The molecule has 0 bridgehead atoms. The zero-order chi connectivity index (χ0) is 26.4. The van der Waals surface area contributed by atoms with Gasteiger partial charge in [-0.1, -0.05) is 94.8 Å². The molecular weight excluding hydrogens is 558 g/mol. The third kappa shape index (κ3) is 6.92.